The average Bonchev–Trinajstić information content (AvgIpc) is 3.74. The van der Waals surface area contributed by atoms with E-state index in [4.69, 9.17) is 4.74 Å². The van der Waals surface area contributed by atoms with Crippen molar-refractivity contribution in [3.8, 4) is 17.1 Å². The lowest BCUT2D eigenvalue weighted by atomic mass is 10.00. The van der Waals surface area contributed by atoms with E-state index >= 15 is 0 Å². The number of aromatic nitrogens is 6. The molecule has 1 N–H and O–H groups in total. The number of nitrogens with zero attached hydrogens (tertiary/aromatic N) is 7. The standard InChI is InChI=1S/C29H26N8O3/c38-28(22-6-10-24(11-7-22)35-17-31-32-18-35)30-14-16-40-26-5-1-3-21-4-2-15-37(27(21)26)29(39)23-8-12-25(13-9-23)36-19-33-34-20-36/h1,3,5-13,17-20H,2,4,14-16H2,(H,30,38). The average molecular weight is 535 g/mol. The van der Waals surface area contributed by atoms with Crippen molar-refractivity contribution < 1.29 is 14.3 Å². The van der Waals surface area contributed by atoms with E-state index in [1.54, 1.807) is 51.5 Å². The van der Waals surface area contributed by atoms with Crippen molar-refractivity contribution in [2.75, 3.05) is 24.6 Å². The highest BCUT2D eigenvalue weighted by atomic mass is 16.5. The van der Waals surface area contributed by atoms with Gasteiger partial charge in [0.2, 0.25) is 0 Å². The molecule has 40 heavy (non-hydrogen) atoms. The first-order chi connectivity index (χ1) is 19.7. The van der Waals surface area contributed by atoms with Crippen molar-refractivity contribution >= 4 is 17.5 Å². The Morgan fingerprint density at radius 1 is 0.775 bits per heavy atom. The van der Waals surface area contributed by atoms with E-state index in [9.17, 15) is 9.59 Å². The van der Waals surface area contributed by atoms with Crippen LogP contribution in [0.3, 0.4) is 0 Å². The third kappa shape index (κ3) is 5.17. The third-order valence-electron chi connectivity index (χ3n) is 6.75. The number of nitrogens with one attached hydrogen (secondary N) is 1. The van der Waals surface area contributed by atoms with Crippen molar-refractivity contribution in [2.45, 2.75) is 12.8 Å². The Bertz CT molecular complexity index is 1600. The molecule has 5 aromatic rings. The van der Waals surface area contributed by atoms with E-state index in [2.05, 4.69) is 25.7 Å². The van der Waals surface area contributed by atoms with Crippen LogP contribution >= 0.6 is 0 Å². The van der Waals surface area contributed by atoms with Crippen molar-refractivity contribution in [1.29, 1.82) is 0 Å². The SMILES string of the molecule is O=C(NCCOc1cccc2c1N(C(=O)c1ccc(-n3cnnc3)cc1)CCC2)c1ccc(-n2cnnc2)cc1. The fourth-order valence-corrected chi connectivity index (χ4v) is 4.75. The van der Waals surface area contributed by atoms with Gasteiger partial charge in [-0.25, -0.2) is 0 Å². The molecular formula is C29H26N8O3. The second-order valence-corrected chi connectivity index (χ2v) is 9.26. The van der Waals surface area contributed by atoms with Crippen LogP contribution in [0.1, 0.15) is 32.7 Å². The molecule has 11 nitrogen and oxygen atoms in total. The van der Waals surface area contributed by atoms with Gasteiger partial charge >= 0.3 is 0 Å². The Balaban J connectivity index is 1.10. The minimum atomic E-state index is -0.194. The van der Waals surface area contributed by atoms with E-state index in [0.29, 0.717) is 30.0 Å². The number of carbonyl (C=O) groups is 2. The maximum Gasteiger partial charge on any atom is 0.258 e. The number of ether oxygens (including phenoxy) is 1. The van der Waals surface area contributed by atoms with Gasteiger partial charge in [0.15, 0.2) is 0 Å². The topological polar surface area (TPSA) is 120 Å². The highest BCUT2D eigenvalue weighted by molar-refractivity contribution is 6.07. The van der Waals surface area contributed by atoms with E-state index in [1.807, 2.05) is 54.6 Å². The molecule has 6 rings (SSSR count). The number of benzene rings is 3. The highest BCUT2D eigenvalue weighted by Gasteiger charge is 2.27. The van der Waals surface area contributed by atoms with Crippen LogP contribution in [0, 0.1) is 0 Å². The molecule has 1 aliphatic rings. The zero-order valence-corrected chi connectivity index (χ0v) is 21.6. The van der Waals surface area contributed by atoms with Gasteiger partial charge in [-0.05, 0) is 73.0 Å². The summed E-state index contributed by atoms with van der Waals surface area (Å²) in [6, 6.07) is 20.4. The lowest BCUT2D eigenvalue weighted by molar-refractivity contribution is 0.0946. The Morgan fingerprint density at radius 2 is 1.38 bits per heavy atom. The number of hydrogen-bond acceptors (Lipinski definition) is 7. The summed E-state index contributed by atoms with van der Waals surface area (Å²) in [5, 5.41) is 18.1. The number of carbonyl (C=O) groups excluding carboxylic acids is 2. The van der Waals surface area contributed by atoms with Crippen molar-refractivity contribution in [1.82, 2.24) is 34.8 Å². The van der Waals surface area contributed by atoms with Gasteiger partial charge < -0.3 is 15.0 Å². The predicted octanol–water partition coefficient (Wildman–Crippen LogP) is 3.25. The third-order valence-corrected chi connectivity index (χ3v) is 6.75. The van der Waals surface area contributed by atoms with Gasteiger partial charge in [0, 0.05) is 29.0 Å². The van der Waals surface area contributed by atoms with Crippen LogP contribution in [0.2, 0.25) is 0 Å². The fraction of sp³-hybridized carbons (Fsp3) is 0.172. The molecule has 3 heterocycles. The van der Waals surface area contributed by atoms with Crippen LogP contribution in [0.5, 0.6) is 5.75 Å². The van der Waals surface area contributed by atoms with Crippen LogP contribution in [0.25, 0.3) is 11.4 Å². The van der Waals surface area contributed by atoms with Crippen LogP contribution < -0.4 is 15.0 Å². The molecule has 2 aromatic heterocycles. The number of para-hydroxylation sites is 1. The minimum Gasteiger partial charge on any atom is -0.490 e. The van der Waals surface area contributed by atoms with Gasteiger partial charge in [-0.1, -0.05) is 12.1 Å². The Kier molecular flexibility index (Phi) is 6.99. The summed E-state index contributed by atoms with van der Waals surface area (Å²) in [6.07, 6.45) is 8.15. The molecule has 0 atom stereocenters. The molecule has 0 radical (unpaired) electrons. The number of fused-ring (bicyclic) bond motifs is 1. The first-order valence-corrected chi connectivity index (χ1v) is 12.9. The second kappa shape index (κ2) is 11.2. The van der Waals surface area contributed by atoms with Crippen LogP contribution in [0.4, 0.5) is 5.69 Å². The first-order valence-electron chi connectivity index (χ1n) is 12.9. The van der Waals surface area contributed by atoms with Crippen molar-refractivity contribution in [3.63, 3.8) is 0 Å². The first kappa shape index (κ1) is 25.0. The summed E-state index contributed by atoms with van der Waals surface area (Å²) >= 11 is 0. The molecule has 0 unspecified atom stereocenters. The smallest absolute Gasteiger partial charge is 0.258 e. The zero-order chi connectivity index (χ0) is 27.3. The second-order valence-electron chi connectivity index (χ2n) is 9.26. The largest absolute Gasteiger partial charge is 0.490 e. The number of rotatable bonds is 8. The molecule has 0 aliphatic carbocycles. The number of aryl methyl sites for hydroxylation is 1. The van der Waals surface area contributed by atoms with E-state index in [1.165, 1.54) is 0 Å². The van der Waals surface area contributed by atoms with Gasteiger partial charge in [0.25, 0.3) is 11.8 Å². The zero-order valence-electron chi connectivity index (χ0n) is 21.6. The summed E-state index contributed by atoms with van der Waals surface area (Å²) in [5.74, 6) is 0.343. The quantitative estimate of drug-likeness (QED) is 0.304. The Hall–Kier alpha value is -5.32. The Labute approximate surface area is 230 Å². The monoisotopic (exact) mass is 534 g/mol. The molecular weight excluding hydrogens is 508 g/mol. The molecule has 2 amide bonds. The summed E-state index contributed by atoms with van der Waals surface area (Å²) < 4.78 is 9.64. The van der Waals surface area contributed by atoms with Gasteiger partial charge in [-0.2, -0.15) is 0 Å². The predicted molar refractivity (Wildman–Crippen MR) is 147 cm³/mol. The van der Waals surface area contributed by atoms with Crippen LogP contribution in [-0.4, -0.2) is 61.0 Å². The minimum absolute atomic E-state index is 0.0875. The molecule has 1 aliphatic heterocycles. The highest BCUT2D eigenvalue weighted by Crippen LogP contribution is 2.37. The van der Waals surface area contributed by atoms with Gasteiger partial charge in [-0.3, -0.25) is 18.7 Å². The fourth-order valence-electron chi connectivity index (χ4n) is 4.75. The van der Waals surface area contributed by atoms with Crippen LogP contribution in [-0.2, 0) is 6.42 Å². The lowest BCUT2D eigenvalue weighted by Crippen LogP contribution is -2.36. The van der Waals surface area contributed by atoms with Gasteiger partial charge in [0.05, 0.1) is 12.2 Å². The number of hydrogen-bond donors (Lipinski definition) is 1. The molecule has 3 aromatic carbocycles. The van der Waals surface area contributed by atoms with Gasteiger partial charge in [0.1, 0.15) is 37.7 Å². The maximum atomic E-state index is 13.6. The molecule has 0 saturated carbocycles. The van der Waals surface area contributed by atoms with E-state index in [-0.39, 0.29) is 18.4 Å². The maximum absolute atomic E-state index is 13.6. The Morgan fingerprint density at radius 3 is 2.00 bits per heavy atom. The lowest BCUT2D eigenvalue weighted by Gasteiger charge is -2.31. The number of amides is 2. The molecule has 0 fully saturated rings. The summed E-state index contributed by atoms with van der Waals surface area (Å²) in [5.41, 5.74) is 4.72. The molecule has 0 saturated heterocycles. The van der Waals surface area contributed by atoms with E-state index in [0.717, 1.165) is 35.5 Å². The van der Waals surface area contributed by atoms with Crippen molar-refractivity contribution in [3.05, 3.63) is 109 Å². The van der Waals surface area contributed by atoms with Crippen LogP contribution in [0.15, 0.2) is 92.0 Å². The number of anilines is 1. The molecule has 11 heteroatoms. The summed E-state index contributed by atoms with van der Waals surface area (Å²) in [4.78, 5) is 28.0. The molecule has 0 spiro atoms. The molecule has 200 valence electrons. The van der Waals surface area contributed by atoms with Gasteiger partial charge in [-0.15, -0.1) is 20.4 Å². The van der Waals surface area contributed by atoms with Crippen molar-refractivity contribution in [2.24, 2.45) is 0 Å². The summed E-state index contributed by atoms with van der Waals surface area (Å²) in [6.45, 7) is 1.17. The molecule has 0 bridgehead atoms. The summed E-state index contributed by atoms with van der Waals surface area (Å²) in [7, 11) is 0. The normalized spacial score (nSPS) is 12.6. The van der Waals surface area contributed by atoms with E-state index < -0.39 is 0 Å².